The fraction of sp³-hybridized carbons (Fsp3) is 0.400. The molecule has 0 fully saturated rings. The molecule has 0 heterocycles. The van der Waals surface area contributed by atoms with E-state index in [4.69, 9.17) is 0 Å². The summed E-state index contributed by atoms with van der Waals surface area (Å²) in [5.41, 5.74) is 1.34. The van der Waals surface area contributed by atoms with Crippen LogP contribution in [-0.4, -0.2) is 16.9 Å². The van der Waals surface area contributed by atoms with E-state index in [1.54, 1.807) is 12.1 Å². The summed E-state index contributed by atoms with van der Waals surface area (Å²) in [4.78, 5) is 10.0. The van der Waals surface area contributed by atoms with Crippen LogP contribution in [0.2, 0.25) is 0 Å². The topological polar surface area (TPSA) is 43.1 Å². The Morgan fingerprint density at radius 2 is 2.00 bits per heavy atom. The van der Waals surface area contributed by atoms with Crippen molar-refractivity contribution >= 4 is 17.4 Å². The molecule has 0 unspecified atom stereocenters. The molecule has 3 nitrogen and oxygen atoms in total. The van der Waals surface area contributed by atoms with Crippen LogP contribution < -0.4 is 0 Å². The molecule has 0 aromatic heterocycles. The molecule has 0 N–H and O–H groups in total. The second-order valence-electron chi connectivity index (χ2n) is 3.02. The minimum absolute atomic E-state index is 0.165. The average Bonchev–Trinajstić information content (AvgIpc) is 2.19. The maximum Gasteiger partial charge on any atom is 0.269 e. The number of nitro groups is 1. The Morgan fingerprint density at radius 1 is 1.36 bits per heavy atom. The van der Waals surface area contributed by atoms with Gasteiger partial charge in [0.2, 0.25) is 0 Å². The number of rotatable bonds is 5. The zero-order valence-electron chi connectivity index (χ0n) is 8.10. The molecule has 0 bridgehead atoms. The zero-order valence-corrected chi connectivity index (χ0v) is 8.92. The average molecular weight is 211 g/mol. The third kappa shape index (κ3) is 3.38. The highest BCUT2D eigenvalue weighted by Crippen LogP contribution is 2.13. The maximum atomic E-state index is 10.4. The SMILES string of the molecule is CSCCCc1ccc([N+](=O)[O-])cc1. The van der Waals surface area contributed by atoms with Crippen LogP contribution in [0.1, 0.15) is 12.0 Å². The summed E-state index contributed by atoms with van der Waals surface area (Å²) in [6.45, 7) is 0. The Kier molecular flexibility index (Phi) is 4.46. The lowest BCUT2D eigenvalue weighted by molar-refractivity contribution is -0.384. The Balaban J connectivity index is 2.51. The van der Waals surface area contributed by atoms with Gasteiger partial charge in [0.05, 0.1) is 4.92 Å². The van der Waals surface area contributed by atoms with E-state index in [0.717, 1.165) is 18.6 Å². The van der Waals surface area contributed by atoms with Crippen molar-refractivity contribution in [2.75, 3.05) is 12.0 Å². The van der Waals surface area contributed by atoms with Crippen LogP contribution in [-0.2, 0) is 6.42 Å². The van der Waals surface area contributed by atoms with Gasteiger partial charge >= 0.3 is 0 Å². The number of non-ortho nitro benzene ring substituents is 1. The van der Waals surface area contributed by atoms with Crippen molar-refractivity contribution in [2.45, 2.75) is 12.8 Å². The van der Waals surface area contributed by atoms with Gasteiger partial charge in [0.1, 0.15) is 0 Å². The largest absolute Gasteiger partial charge is 0.269 e. The van der Waals surface area contributed by atoms with E-state index in [9.17, 15) is 10.1 Å². The first-order chi connectivity index (χ1) is 6.74. The lowest BCUT2D eigenvalue weighted by Crippen LogP contribution is -1.90. The van der Waals surface area contributed by atoms with Crippen LogP contribution in [0, 0.1) is 10.1 Å². The van der Waals surface area contributed by atoms with Crippen molar-refractivity contribution in [3.05, 3.63) is 39.9 Å². The highest BCUT2D eigenvalue weighted by molar-refractivity contribution is 7.98. The molecule has 4 heteroatoms. The van der Waals surface area contributed by atoms with E-state index >= 15 is 0 Å². The number of thioether (sulfide) groups is 1. The number of hydrogen-bond donors (Lipinski definition) is 0. The number of hydrogen-bond acceptors (Lipinski definition) is 3. The van der Waals surface area contributed by atoms with Crippen LogP contribution in [0.25, 0.3) is 0 Å². The molecule has 0 atom stereocenters. The third-order valence-corrected chi connectivity index (χ3v) is 2.66. The molecular formula is C10H13NO2S. The molecular weight excluding hydrogens is 198 g/mol. The van der Waals surface area contributed by atoms with Crippen LogP contribution in [0.15, 0.2) is 24.3 Å². The standard InChI is InChI=1S/C10H13NO2S/c1-14-8-2-3-9-4-6-10(7-5-9)11(12)13/h4-7H,2-3,8H2,1H3. The van der Waals surface area contributed by atoms with Gasteiger partial charge in [-0.25, -0.2) is 0 Å². The molecule has 1 aromatic carbocycles. The van der Waals surface area contributed by atoms with E-state index in [2.05, 4.69) is 6.26 Å². The first-order valence-corrected chi connectivity index (χ1v) is 5.85. The summed E-state index contributed by atoms with van der Waals surface area (Å²) in [6.07, 6.45) is 4.20. The van der Waals surface area contributed by atoms with Crippen LogP contribution in [0.5, 0.6) is 0 Å². The number of benzene rings is 1. The zero-order chi connectivity index (χ0) is 10.4. The Morgan fingerprint density at radius 3 is 2.50 bits per heavy atom. The normalized spacial score (nSPS) is 10.1. The Bertz CT molecular complexity index is 297. The minimum Gasteiger partial charge on any atom is -0.258 e. The highest BCUT2D eigenvalue weighted by Gasteiger charge is 2.03. The summed E-state index contributed by atoms with van der Waals surface area (Å²) in [5, 5.41) is 10.4. The van der Waals surface area contributed by atoms with Crippen molar-refractivity contribution in [2.24, 2.45) is 0 Å². The molecule has 1 rings (SSSR count). The number of nitrogens with zero attached hydrogens (tertiary/aromatic N) is 1. The molecule has 0 amide bonds. The molecule has 0 radical (unpaired) electrons. The van der Waals surface area contributed by atoms with Gasteiger partial charge in [-0.15, -0.1) is 0 Å². The molecule has 0 saturated carbocycles. The van der Waals surface area contributed by atoms with Gasteiger partial charge in [-0.05, 0) is 30.4 Å². The number of nitro benzene ring substituents is 1. The smallest absolute Gasteiger partial charge is 0.258 e. The molecule has 76 valence electrons. The summed E-state index contributed by atoms with van der Waals surface area (Å²) in [5.74, 6) is 1.14. The summed E-state index contributed by atoms with van der Waals surface area (Å²) in [7, 11) is 0. The summed E-state index contributed by atoms with van der Waals surface area (Å²) in [6, 6.07) is 6.79. The van der Waals surface area contributed by atoms with Crippen molar-refractivity contribution in [3.63, 3.8) is 0 Å². The third-order valence-electron chi connectivity index (χ3n) is 1.96. The molecule has 0 aliphatic rings. The predicted molar refractivity (Wildman–Crippen MR) is 59.8 cm³/mol. The van der Waals surface area contributed by atoms with E-state index in [1.165, 1.54) is 5.56 Å². The molecule has 0 aliphatic carbocycles. The Hall–Kier alpha value is -1.03. The van der Waals surface area contributed by atoms with Crippen molar-refractivity contribution in [1.29, 1.82) is 0 Å². The second-order valence-corrected chi connectivity index (χ2v) is 4.01. The van der Waals surface area contributed by atoms with E-state index in [-0.39, 0.29) is 10.6 Å². The molecule has 1 aromatic rings. The first-order valence-electron chi connectivity index (χ1n) is 4.46. The first kappa shape index (κ1) is 11.0. The molecule has 14 heavy (non-hydrogen) atoms. The second kappa shape index (κ2) is 5.65. The van der Waals surface area contributed by atoms with Gasteiger partial charge in [0.15, 0.2) is 0 Å². The lowest BCUT2D eigenvalue weighted by atomic mass is 10.1. The predicted octanol–water partition coefficient (Wildman–Crippen LogP) is 2.89. The minimum atomic E-state index is -0.369. The quantitative estimate of drug-likeness (QED) is 0.427. The highest BCUT2D eigenvalue weighted by atomic mass is 32.2. The van der Waals surface area contributed by atoms with Crippen LogP contribution in [0.4, 0.5) is 5.69 Å². The fourth-order valence-corrected chi connectivity index (χ4v) is 1.64. The lowest BCUT2D eigenvalue weighted by Gasteiger charge is -1.99. The summed E-state index contributed by atoms with van der Waals surface area (Å²) < 4.78 is 0. The van der Waals surface area contributed by atoms with Gasteiger partial charge in [0, 0.05) is 12.1 Å². The monoisotopic (exact) mass is 211 g/mol. The van der Waals surface area contributed by atoms with Crippen LogP contribution in [0.3, 0.4) is 0 Å². The van der Waals surface area contributed by atoms with Crippen molar-refractivity contribution < 1.29 is 4.92 Å². The number of aryl methyl sites for hydroxylation is 1. The molecule has 0 aliphatic heterocycles. The van der Waals surface area contributed by atoms with Gasteiger partial charge in [-0.3, -0.25) is 10.1 Å². The van der Waals surface area contributed by atoms with Gasteiger partial charge < -0.3 is 0 Å². The van der Waals surface area contributed by atoms with Gasteiger partial charge in [0.25, 0.3) is 5.69 Å². The summed E-state index contributed by atoms with van der Waals surface area (Å²) >= 11 is 1.82. The van der Waals surface area contributed by atoms with E-state index in [1.807, 2.05) is 23.9 Å². The van der Waals surface area contributed by atoms with Gasteiger partial charge in [-0.2, -0.15) is 11.8 Å². The van der Waals surface area contributed by atoms with Gasteiger partial charge in [-0.1, -0.05) is 12.1 Å². The van der Waals surface area contributed by atoms with Crippen molar-refractivity contribution in [3.8, 4) is 0 Å². The van der Waals surface area contributed by atoms with E-state index in [0.29, 0.717) is 0 Å². The van der Waals surface area contributed by atoms with E-state index < -0.39 is 0 Å². The maximum absolute atomic E-state index is 10.4. The fourth-order valence-electron chi connectivity index (χ4n) is 1.20. The van der Waals surface area contributed by atoms with Crippen molar-refractivity contribution in [1.82, 2.24) is 0 Å². The molecule has 0 spiro atoms. The molecule has 0 saturated heterocycles. The Labute approximate surface area is 87.7 Å². The van der Waals surface area contributed by atoms with Crippen LogP contribution >= 0.6 is 11.8 Å².